The Kier molecular flexibility index (Phi) is 4.57. The molecule has 2 saturated heterocycles. The molecule has 0 unspecified atom stereocenters. The van der Waals surface area contributed by atoms with Gasteiger partial charge in [-0.05, 0) is 55.3 Å². The van der Waals surface area contributed by atoms with Crippen molar-refractivity contribution in [2.75, 3.05) is 18.0 Å². The van der Waals surface area contributed by atoms with Gasteiger partial charge in [-0.25, -0.2) is 0 Å². The second-order valence-corrected chi connectivity index (χ2v) is 6.81. The molecule has 0 spiro atoms. The number of carbonyl (C=O) groups excluding carboxylic acids is 2. The van der Waals surface area contributed by atoms with Gasteiger partial charge >= 0.3 is 0 Å². The van der Waals surface area contributed by atoms with E-state index in [-0.39, 0.29) is 17.2 Å². The maximum absolute atomic E-state index is 12.4. The number of hydrogen-bond donors (Lipinski definition) is 0. The van der Waals surface area contributed by atoms with E-state index in [4.69, 9.17) is 0 Å². The van der Waals surface area contributed by atoms with Gasteiger partial charge in [0.25, 0.3) is 11.1 Å². The number of amides is 2. The van der Waals surface area contributed by atoms with Crippen LogP contribution < -0.4 is 4.90 Å². The van der Waals surface area contributed by atoms with Gasteiger partial charge in [-0.15, -0.1) is 6.58 Å². The number of benzene rings is 1. The topological polar surface area (TPSA) is 40.6 Å². The van der Waals surface area contributed by atoms with E-state index < -0.39 is 0 Å². The molecule has 2 amide bonds. The van der Waals surface area contributed by atoms with Crippen LogP contribution in [-0.2, 0) is 4.79 Å². The number of rotatable bonds is 4. The summed E-state index contributed by atoms with van der Waals surface area (Å²) in [7, 11) is 0. The lowest BCUT2D eigenvalue weighted by Crippen LogP contribution is -2.35. The molecule has 5 heteroatoms. The van der Waals surface area contributed by atoms with Gasteiger partial charge in [0.05, 0.1) is 10.9 Å². The highest BCUT2D eigenvalue weighted by molar-refractivity contribution is 8.18. The average Bonchev–Trinajstić information content (AvgIpc) is 3.17. The Morgan fingerprint density at radius 3 is 2.43 bits per heavy atom. The van der Waals surface area contributed by atoms with Crippen molar-refractivity contribution in [3.63, 3.8) is 0 Å². The van der Waals surface area contributed by atoms with E-state index in [1.54, 1.807) is 19.1 Å². The van der Waals surface area contributed by atoms with Crippen molar-refractivity contribution in [1.29, 1.82) is 0 Å². The fraction of sp³-hybridized carbons (Fsp3) is 0.333. The van der Waals surface area contributed by atoms with Crippen LogP contribution in [-0.4, -0.2) is 35.2 Å². The highest BCUT2D eigenvalue weighted by Gasteiger charge is 2.37. The van der Waals surface area contributed by atoms with E-state index in [1.165, 1.54) is 23.4 Å². The van der Waals surface area contributed by atoms with E-state index in [0.29, 0.717) is 4.91 Å². The maximum atomic E-state index is 12.4. The summed E-state index contributed by atoms with van der Waals surface area (Å²) in [5, 5.41) is -0.234. The largest absolute Gasteiger partial charge is 0.372 e. The fourth-order valence-corrected chi connectivity index (χ4v) is 3.76. The second-order valence-electron chi connectivity index (χ2n) is 5.81. The number of thioether (sulfide) groups is 1. The average molecular weight is 328 g/mol. The molecular weight excluding hydrogens is 308 g/mol. The van der Waals surface area contributed by atoms with Crippen LogP contribution in [0.15, 0.2) is 41.8 Å². The number of nitrogens with zero attached hydrogens (tertiary/aromatic N) is 2. The molecule has 0 aliphatic carbocycles. The summed E-state index contributed by atoms with van der Waals surface area (Å²) in [5.41, 5.74) is 2.15. The summed E-state index contributed by atoms with van der Waals surface area (Å²) in [5.74, 6) is -0.240. The smallest absolute Gasteiger partial charge is 0.294 e. The molecule has 0 aromatic heterocycles. The molecule has 0 saturated carbocycles. The summed E-state index contributed by atoms with van der Waals surface area (Å²) < 4.78 is 0. The van der Waals surface area contributed by atoms with Crippen LogP contribution in [0.1, 0.15) is 25.3 Å². The van der Waals surface area contributed by atoms with Crippen molar-refractivity contribution in [3.8, 4) is 0 Å². The molecule has 120 valence electrons. The lowest BCUT2D eigenvalue weighted by atomic mass is 10.1. The monoisotopic (exact) mass is 328 g/mol. The predicted octanol–water partition coefficient (Wildman–Crippen LogP) is 3.90. The standard InChI is InChI=1S/C18H20N2O2S/c1-3-13(2)20-17(21)16(23-18(20)22)12-14-6-8-15(9-7-14)19-10-4-5-11-19/h3,6-9,12-13H,1,4-5,10-11H2,2H3/b16-12-/t13-/m1/s1. The molecule has 2 fully saturated rings. The predicted molar refractivity (Wildman–Crippen MR) is 95.4 cm³/mol. The lowest BCUT2D eigenvalue weighted by Gasteiger charge is -2.17. The highest BCUT2D eigenvalue weighted by atomic mass is 32.2. The Bertz CT molecular complexity index is 660. The van der Waals surface area contributed by atoms with Gasteiger partial charge < -0.3 is 4.90 Å². The van der Waals surface area contributed by atoms with E-state index >= 15 is 0 Å². The Hall–Kier alpha value is -2.01. The molecule has 3 rings (SSSR count). The van der Waals surface area contributed by atoms with Crippen molar-refractivity contribution < 1.29 is 9.59 Å². The highest BCUT2D eigenvalue weighted by Crippen LogP contribution is 2.34. The lowest BCUT2D eigenvalue weighted by molar-refractivity contribution is -0.123. The summed E-state index contributed by atoms with van der Waals surface area (Å²) in [6, 6.07) is 7.87. The van der Waals surface area contributed by atoms with E-state index in [9.17, 15) is 9.59 Å². The second kappa shape index (κ2) is 6.62. The van der Waals surface area contributed by atoms with Crippen LogP contribution in [0.4, 0.5) is 10.5 Å². The van der Waals surface area contributed by atoms with Crippen LogP contribution in [0.3, 0.4) is 0 Å². The van der Waals surface area contributed by atoms with Gasteiger partial charge in [-0.1, -0.05) is 18.2 Å². The molecule has 1 aromatic carbocycles. The SMILES string of the molecule is C=C[C@@H](C)N1C(=O)S/C(=C\c2ccc(N3CCCC3)cc2)C1=O. The van der Waals surface area contributed by atoms with Crippen LogP contribution in [0.2, 0.25) is 0 Å². The molecule has 4 nitrogen and oxygen atoms in total. The minimum absolute atomic E-state index is 0.234. The fourth-order valence-electron chi connectivity index (χ4n) is 2.84. The zero-order valence-electron chi connectivity index (χ0n) is 13.2. The third-order valence-corrected chi connectivity index (χ3v) is 5.12. The van der Waals surface area contributed by atoms with E-state index in [2.05, 4.69) is 23.6 Å². The zero-order chi connectivity index (χ0) is 16.4. The van der Waals surface area contributed by atoms with Crippen molar-refractivity contribution in [3.05, 3.63) is 47.4 Å². The third kappa shape index (κ3) is 3.20. The first kappa shape index (κ1) is 15.9. The van der Waals surface area contributed by atoms with Crippen LogP contribution in [0.5, 0.6) is 0 Å². The van der Waals surface area contributed by atoms with Crippen molar-refractivity contribution >= 4 is 34.7 Å². The molecule has 23 heavy (non-hydrogen) atoms. The Labute approximate surface area is 140 Å². The van der Waals surface area contributed by atoms with Crippen LogP contribution >= 0.6 is 11.8 Å². The first-order valence-corrected chi connectivity index (χ1v) is 8.66. The summed E-state index contributed by atoms with van der Waals surface area (Å²) in [4.78, 5) is 28.4. The third-order valence-electron chi connectivity index (χ3n) is 4.23. The first-order valence-electron chi connectivity index (χ1n) is 7.85. The molecule has 2 heterocycles. The molecule has 0 bridgehead atoms. The van der Waals surface area contributed by atoms with Gasteiger partial charge in [0.15, 0.2) is 0 Å². The van der Waals surface area contributed by atoms with Gasteiger partial charge in [-0.3, -0.25) is 14.5 Å². The Morgan fingerprint density at radius 2 is 1.83 bits per heavy atom. The molecule has 0 N–H and O–H groups in total. The van der Waals surface area contributed by atoms with Crippen molar-refractivity contribution in [1.82, 2.24) is 4.90 Å². The van der Waals surface area contributed by atoms with Gasteiger partial charge in [0, 0.05) is 18.8 Å². The molecule has 2 aliphatic rings. The quantitative estimate of drug-likeness (QED) is 0.621. The van der Waals surface area contributed by atoms with Crippen molar-refractivity contribution in [2.24, 2.45) is 0 Å². The number of hydrogen-bond acceptors (Lipinski definition) is 4. The first-order chi connectivity index (χ1) is 11.1. The normalized spacial score (nSPS) is 21.3. The molecule has 0 radical (unpaired) electrons. The van der Waals surface area contributed by atoms with E-state index in [1.807, 2.05) is 12.1 Å². The number of imide groups is 1. The van der Waals surface area contributed by atoms with Crippen LogP contribution in [0.25, 0.3) is 6.08 Å². The maximum Gasteiger partial charge on any atom is 0.294 e. The minimum atomic E-state index is -0.286. The summed E-state index contributed by atoms with van der Waals surface area (Å²) >= 11 is 0.990. The van der Waals surface area contributed by atoms with Crippen LogP contribution in [0, 0.1) is 0 Å². The van der Waals surface area contributed by atoms with Gasteiger partial charge in [0.2, 0.25) is 0 Å². The number of anilines is 1. The molecule has 1 aromatic rings. The molecular formula is C18H20N2O2S. The van der Waals surface area contributed by atoms with Gasteiger partial charge in [0.1, 0.15) is 0 Å². The Balaban J connectivity index is 1.77. The molecule has 1 atom stereocenters. The molecule has 2 aliphatic heterocycles. The summed E-state index contributed by atoms with van der Waals surface area (Å²) in [6.45, 7) is 7.66. The van der Waals surface area contributed by atoms with Gasteiger partial charge in [-0.2, -0.15) is 0 Å². The summed E-state index contributed by atoms with van der Waals surface area (Å²) in [6.07, 6.45) is 5.88. The zero-order valence-corrected chi connectivity index (χ0v) is 14.0. The van der Waals surface area contributed by atoms with E-state index in [0.717, 1.165) is 30.4 Å². The van der Waals surface area contributed by atoms with Crippen molar-refractivity contribution in [2.45, 2.75) is 25.8 Å². The Morgan fingerprint density at radius 1 is 1.17 bits per heavy atom. The minimum Gasteiger partial charge on any atom is -0.372 e. The number of carbonyl (C=O) groups is 2.